The van der Waals surface area contributed by atoms with E-state index in [9.17, 15) is 4.79 Å². The van der Waals surface area contributed by atoms with Crippen molar-refractivity contribution in [1.29, 1.82) is 0 Å². The number of hydrogen-bond donors (Lipinski definition) is 0. The van der Waals surface area contributed by atoms with E-state index in [0.29, 0.717) is 11.8 Å². The lowest BCUT2D eigenvalue weighted by Gasteiger charge is -2.28. The van der Waals surface area contributed by atoms with Crippen molar-refractivity contribution < 1.29 is 4.79 Å². The van der Waals surface area contributed by atoms with Gasteiger partial charge in [0.15, 0.2) is 5.78 Å². The standard InChI is InChI=1S/C29H36N2OS2/c32-29(25-5-1-3-23(27(25)21-7-8-21)19-30-11-15-33-16-12-30)26-6-2-4-24(28(26)22-9-10-22)20-31-13-17-34-18-14-31/h1-6,21-22H,7-20H2. The van der Waals surface area contributed by atoms with Gasteiger partial charge >= 0.3 is 0 Å². The summed E-state index contributed by atoms with van der Waals surface area (Å²) in [6.07, 6.45) is 4.93. The van der Waals surface area contributed by atoms with Crippen LogP contribution in [-0.2, 0) is 13.1 Å². The van der Waals surface area contributed by atoms with Gasteiger partial charge in [-0.1, -0.05) is 36.4 Å². The van der Waals surface area contributed by atoms with Gasteiger partial charge in [0, 0.05) is 73.4 Å². The summed E-state index contributed by atoms with van der Waals surface area (Å²) in [5.74, 6) is 6.33. The van der Waals surface area contributed by atoms with Crippen molar-refractivity contribution in [3.8, 4) is 0 Å². The molecule has 0 radical (unpaired) electrons. The normalized spacial score (nSPS) is 22.1. The third kappa shape index (κ3) is 5.13. The van der Waals surface area contributed by atoms with Crippen LogP contribution in [-0.4, -0.2) is 64.8 Å². The van der Waals surface area contributed by atoms with E-state index in [-0.39, 0.29) is 5.78 Å². The maximum absolute atomic E-state index is 14.2. The Hall–Kier alpha value is -1.27. The van der Waals surface area contributed by atoms with Crippen molar-refractivity contribution in [1.82, 2.24) is 9.80 Å². The lowest BCUT2D eigenvalue weighted by Crippen LogP contribution is -2.32. The van der Waals surface area contributed by atoms with Crippen molar-refractivity contribution in [3.63, 3.8) is 0 Å². The zero-order valence-corrected chi connectivity index (χ0v) is 21.8. The van der Waals surface area contributed by atoms with E-state index in [1.54, 1.807) is 0 Å². The topological polar surface area (TPSA) is 23.6 Å². The summed E-state index contributed by atoms with van der Waals surface area (Å²) < 4.78 is 0. The van der Waals surface area contributed by atoms with Crippen LogP contribution in [0.4, 0.5) is 0 Å². The summed E-state index contributed by atoms with van der Waals surface area (Å²) >= 11 is 4.12. The SMILES string of the molecule is O=C(c1cccc(CN2CCSCC2)c1C1CC1)c1cccc(CN2CCSCC2)c1C1CC1. The molecule has 2 aromatic carbocycles. The highest BCUT2D eigenvalue weighted by atomic mass is 32.2. The molecule has 0 atom stereocenters. The van der Waals surface area contributed by atoms with Crippen LogP contribution in [0.15, 0.2) is 36.4 Å². The fourth-order valence-electron chi connectivity index (χ4n) is 5.75. The molecular formula is C29H36N2OS2. The lowest BCUT2D eigenvalue weighted by molar-refractivity contribution is 0.103. The summed E-state index contributed by atoms with van der Waals surface area (Å²) in [4.78, 5) is 19.4. The molecule has 0 unspecified atom stereocenters. The van der Waals surface area contributed by atoms with Crippen molar-refractivity contribution in [2.75, 3.05) is 49.2 Å². The van der Waals surface area contributed by atoms with Gasteiger partial charge in [-0.25, -0.2) is 0 Å². The molecule has 3 nitrogen and oxygen atoms in total. The number of carbonyl (C=O) groups excluding carboxylic acids is 1. The largest absolute Gasteiger partial charge is 0.297 e. The first-order valence-electron chi connectivity index (χ1n) is 13.2. The fourth-order valence-corrected chi connectivity index (χ4v) is 7.71. The zero-order chi connectivity index (χ0) is 22.9. The van der Waals surface area contributed by atoms with Gasteiger partial charge in [0.1, 0.15) is 0 Å². The Morgan fingerprint density at radius 2 is 1.09 bits per heavy atom. The molecule has 2 aliphatic carbocycles. The van der Waals surface area contributed by atoms with Crippen LogP contribution in [0, 0.1) is 0 Å². The van der Waals surface area contributed by atoms with Crippen LogP contribution >= 0.6 is 23.5 Å². The third-order valence-electron chi connectivity index (χ3n) is 7.85. The second-order valence-corrected chi connectivity index (χ2v) is 12.9. The van der Waals surface area contributed by atoms with Crippen molar-refractivity contribution in [2.24, 2.45) is 0 Å². The molecule has 34 heavy (non-hydrogen) atoms. The molecule has 5 heteroatoms. The van der Waals surface area contributed by atoms with Gasteiger partial charge < -0.3 is 0 Å². The fraction of sp³-hybridized carbons (Fsp3) is 0.552. The van der Waals surface area contributed by atoms with Crippen LogP contribution < -0.4 is 0 Å². The predicted octanol–water partition coefficient (Wildman–Crippen LogP) is 5.77. The number of carbonyl (C=O) groups is 1. The Morgan fingerprint density at radius 1 is 0.676 bits per heavy atom. The maximum atomic E-state index is 14.2. The Bertz CT molecular complexity index is 953. The van der Waals surface area contributed by atoms with E-state index in [2.05, 4.69) is 69.7 Å². The molecule has 2 saturated carbocycles. The van der Waals surface area contributed by atoms with E-state index in [4.69, 9.17) is 0 Å². The Morgan fingerprint density at radius 3 is 1.47 bits per heavy atom. The molecule has 2 aliphatic heterocycles. The van der Waals surface area contributed by atoms with Gasteiger partial charge in [-0.3, -0.25) is 14.6 Å². The highest BCUT2D eigenvalue weighted by molar-refractivity contribution is 7.99. The molecule has 6 rings (SSSR count). The molecule has 0 spiro atoms. The first-order chi connectivity index (χ1) is 16.8. The second kappa shape index (κ2) is 10.4. The molecule has 0 aromatic heterocycles. The van der Waals surface area contributed by atoms with E-state index < -0.39 is 0 Å². The lowest BCUT2D eigenvalue weighted by atomic mass is 9.87. The van der Waals surface area contributed by atoms with Crippen LogP contribution in [0.2, 0.25) is 0 Å². The Labute approximate surface area is 213 Å². The molecule has 180 valence electrons. The minimum Gasteiger partial charge on any atom is -0.297 e. The number of thioether (sulfide) groups is 2. The summed E-state index contributed by atoms with van der Waals surface area (Å²) in [5, 5.41) is 0. The van der Waals surface area contributed by atoms with Gasteiger partial charge in [0.25, 0.3) is 0 Å². The van der Waals surface area contributed by atoms with Crippen LogP contribution in [0.25, 0.3) is 0 Å². The van der Waals surface area contributed by atoms with Crippen molar-refractivity contribution in [3.05, 3.63) is 69.8 Å². The maximum Gasteiger partial charge on any atom is 0.193 e. The minimum absolute atomic E-state index is 0.274. The number of rotatable bonds is 8. The predicted molar refractivity (Wildman–Crippen MR) is 145 cm³/mol. The van der Waals surface area contributed by atoms with Crippen molar-refractivity contribution >= 4 is 29.3 Å². The van der Waals surface area contributed by atoms with Gasteiger partial charge in [-0.05, 0) is 59.8 Å². The zero-order valence-electron chi connectivity index (χ0n) is 20.1. The average Bonchev–Trinajstić information content (AvgIpc) is 3.79. The average molecular weight is 493 g/mol. The summed E-state index contributed by atoms with van der Waals surface area (Å²) in [5.41, 5.74) is 7.50. The molecule has 2 aromatic rings. The first kappa shape index (κ1) is 23.1. The number of hydrogen-bond acceptors (Lipinski definition) is 5. The molecular weight excluding hydrogens is 456 g/mol. The van der Waals surface area contributed by atoms with E-state index >= 15 is 0 Å². The van der Waals surface area contributed by atoms with E-state index in [0.717, 1.165) is 50.4 Å². The number of nitrogens with zero attached hydrogens (tertiary/aromatic N) is 2. The molecule has 4 aliphatic rings. The molecule has 0 bridgehead atoms. The first-order valence-corrected chi connectivity index (χ1v) is 15.5. The Balaban J connectivity index is 1.33. The van der Waals surface area contributed by atoms with Crippen molar-refractivity contribution in [2.45, 2.75) is 50.6 Å². The number of benzene rings is 2. The second-order valence-electron chi connectivity index (χ2n) is 10.4. The van der Waals surface area contributed by atoms with E-state index in [1.165, 1.54) is 70.9 Å². The highest BCUT2D eigenvalue weighted by Gasteiger charge is 2.35. The van der Waals surface area contributed by atoms with Crippen LogP contribution in [0.5, 0.6) is 0 Å². The molecule has 2 saturated heterocycles. The van der Waals surface area contributed by atoms with Gasteiger partial charge in [0.05, 0.1) is 0 Å². The molecule has 4 fully saturated rings. The molecule has 0 N–H and O–H groups in total. The van der Waals surface area contributed by atoms with Gasteiger partial charge in [-0.2, -0.15) is 23.5 Å². The quantitative estimate of drug-likeness (QED) is 0.436. The summed E-state index contributed by atoms with van der Waals surface area (Å²) in [6.45, 7) is 6.64. The summed E-state index contributed by atoms with van der Waals surface area (Å²) in [6, 6.07) is 13.1. The number of ketones is 1. The minimum atomic E-state index is 0.274. The van der Waals surface area contributed by atoms with Gasteiger partial charge in [0.2, 0.25) is 0 Å². The van der Waals surface area contributed by atoms with E-state index in [1.807, 2.05) is 0 Å². The van der Waals surface area contributed by atoms with Crippen LogP contribution in [0.3, 0.4) is 0 Å². The monoisotopic (exact) mass is 492 g/mol. The summed E-state index contributed by atoms with van der Waals surface area (Å²) in [7, 11) is 0. The van der Waals surface area contributed by atoms with Crippen LogP contribution in [0.1, 0.15) is 75.7 Å². The Kier molecular flexibility index (Phi) is 7.07. The smallest absolute Gasteiger partial charge is 0.193 e. The molecule has 2 heterocycles. The highest BCUT2D eigenvalue weighted by Crippen LogP contribution is 2.47. The third-order valence-corrected chi connectivity index (χ3v) is 9.73. The van der Waals surface area contributed by atoms with Gasteiger partial charge in [-0.15, -0.1) is 0 Å². The molecule has 0 amide bonds.